The molecule has 1 unspecified atom stereocenters. The van der Waals surface area contributed by atoms with E-state index in [-0.39, 0.29) is 17.9 Å². The number of hydrogen-bond donors (Lipinski definition) is 2. The van der Waals surface area contributed by atoms with Gasteiger partial charge < -0.3 is 23.8 Å². The first-order valence-corrected chi connectivity index (χ1v) is 11.9. The predicted molar refractivity (Wildman–Crippen MR) is 133 cm³/mol. The van der Waals surface area contributed by atoms with Crippen LogP contribution in [0.2, 0.25) is 0 Å². The van der Waals surface area contributed by atoms with Gasteiger partial charge in [-0.15, -0.1) is 0 Å². The molecular weight excluding hydrogens is 512 g/mol. The molecule has 8 heteroatoms. The second-order valence-corrected chi connectivity index (χ2v) is 9.33. The van der Waals surface area contributed by atoms with Gasteiger partial charge in [0.15, 0.2) is 11.5 Å². The van der Waals surface area contributed by atoms with Gasteiger partial charge in [-0.25, -0.2) is 0 Å². The maximum absolute atomic E-state index is 13.6. The van der Waals surface area contributed by atoms with E-state index in [1.165, 1.54) is 11.2 Å². The summed E-state index contributed by atoms with van der Waals surface area (Å²) in [5.41, 5.74) is 2.52. The van der Waals surface area contributed by atoms with Crippen molar-refractivity contribution in [1.29, 1.82) is 0 Å². The van der Waals surface area contributed by atoms with E-state index in [9.17, 15) is 14.7 Å². The van der Waals surface area contributed by atoms with E-state index in [2.05, 4.69) is 20.9 Å². The van der Waals surface area contributed by atoms with Crippen LogP contribution in [-0.4, -0.2) is 33.2 Å². The fraction of sp³-hybridized carbons (Fsp3) is 0.111. The van der Waals surface area contributed by atoms with Crippen molar-refractivity contribution in [2.75, 3.05) is 6.54 Å². The van der Waals surface area contributed by atoms with Gasteiger partial charge >= 0.3 is 0 Å². The topological polar surface area (TPSA) is 99.7 Å². The molecule has 174 valence electrons. The maximum atomic E-state index is 13.6. The van der Waals surface area contributed by atoms with Crippen molar-refractivity contribution in [1.82, 2.24) is 9.88 Å². The Bertz CT molecular complexity index is 1630. The number of halogens is 1. The highest BCUT2D eigenvalue weighted by Crippen LogP contribution is 2.40. The number of benzene rings is 2. The van der Waals surface area contributed by atoms with E-state index in [0.29, 0.717) is 17.8 Å². The Balaban J connectivity index is 1.35. The third-order valence-electron chi connectivity index (χ3n) is 6.36. The number of Topliss-reactive ketones (excluding diaryl/α,β-unsaturated/α-hetero) is 1. The van der Waals surface area contributed by atoms with Crippen molar-refractivity contribution in [3.8, 4) is 0 Å². The van der Waals surface area contributed by atoms with Gasteiger partial charge in [-0.2, -0.15) is 0 Å². The number of para-hydroxylation sites is 1. The van der Waals surface area contributed by atoms with Gasteiger partial charge in [0.25, 0.3) is 5.91 Å². The minimum atomic E-state index is -0.866. The highest BCUT2D eigenvalue weighted by molar-refractivity contribution is 9.10. The summed E-state index contributed by atoms with van der Waals surface area (Å²) in [5.74, 6) is -1.32. The number of carbonyl (C=O) groups is 2. The Morgan fingerprint density at radius 2 is 1.97 bits per heavy atom. The molecule has 7 nitrogen and oxygen atoms in total. The van der Waals surface area contributed by atoms with Crippen molar-refractivity contribution in [3.63, 3.8) is 0 Å². The van der Waals surface area contributed by atoms with Crippen LogP contribution in [-0.2, 0) is 11.2 Å². The number of aliphatic hydroxyl groups is 1. The third-order valence-corrected chi connectivity index (χ3v) is 6.85. The fourth-order valence-electron chi connectivity index (χ4n) is 4.70. The number of rotatable bonds is 6. The second-order valence-electron chi connectivity index (χ2n) is 8.41. The quantitative estimate of drug-likeness (QED) is 0.259. The Morgan fingerprint density at radius 1 is 1.11 bits per heavy atom. The van der Waals surface area contributed by atoms with Crippen LogP contribution in [0.5, 0.6) is 0 Å². The molecule has 0 spiro atoms. The predicted octanol–water partition coefficient (Wildman–Crippen LogP) is 6.09. The molecule has 5 aromatic rings. The van der Waals surface area contributed by atoms with Gasteiger partial charge in [-0.3, -0.25) is 9.59 Å². The molecule has 1 atom stereocenters. The molecule has 1 aliphatic heterocycles. The van der Waals surface area contributed by atoms with Crippen LogP contribution < -0.4 is 0 Å². The number of hydrogen-bond acceptors (Lipinski definition) is 5. The maximum Gasteiger partial charge on any atom is 0.290 e. The first-order valence-electron chi connectivity index (χ1n) is 11.1. The second kappa shape index (κ2) is 8.32. The van der Waals surface area contributed by atoms with Crippen molar-refractivity contribution >= 4 is 49.5 Å². The van der Waals surface area contributed by atoms with Crippen LogP contribution in [0.4, 0.5) is 0 Å². The minimum absolute atomic E-state index is 0.0440. The first kappa shape index (κ1) is 21.5. The van der Waals surface area contributed by atoms with E-state index in [4.69, 9.17) is 8.83 Å². The molecule has 3 aromatic heterocycles. The Labute approximate surface area is 207 Å². The third kappa shape index (κ3) is 3.57. The van der Waals surface area contributed by atoms with Crippen LogP contribution in [0.15, 0.2) is 97.8 Å². The van der Waals surface area contributed by atoms with Crippen molar-refractivity contribution in [2.24, 2.45) is 0 Å². The highest BCUT2D eigenvalue weighted by atomic mass is 79.9. The Kier molecular flexibility index (Phi) is 5.11. The SMILES string of the molecule is O=C(C1=C(O)C(=O)N(CCc2c[nH]c3ccccc23)C1c1ccco1)c1cc2cc(Br)ccc2o1. The number of aromatic amines is 1. The normalized spacial score (nSPS) is 16.2. The monoisotopic (exact) mass is 530 g/mol. The number of amides is 1. The lowest BCUT2D eigenvalue weighted by Crippen LogP contribution is -2.32. The summed E-state index contributed by atoms with van der Waals surface area (Å²) in [6, 6.07) is 17.4. The van der Waals surface area contributed by atoms with Crippen molar-refractivity contribution in [2.45, 2.75) is 12.5 Å². The highest BCUT2D eigenvalue weighted by Gasteiger charge is 2.45. The van der Waals surface area contributed by atoms with E-state index in [1.54, 1.807) is 24.3 Å². The average molecular weight is 531 g/mol. The van der Waals surface area contributed by atoms with Gasteiger partial charge in [-0.1, -0.05) is 34.1 Å². The zero-order valence-electron chi connectivity index (χ0n) is 18.3. The molecular formula is C27H19BrN2O5. The molecule has 0 fully saturated rings. The van der Waals surface area contributed by atoms with E-state index >= 15 is 0 Å². The largest absolute Gasteiger partial charge is 0.503 e. The molecule has 2 N–H and O–H groups in total. The molecule has 2 aromatic carbocycles. The summed E-state index contributed by atoms with van der Waals surface area (Å²) in [4.78, 5) is 31.5. The van der Waals surface area contributed by atoms with Gasteiger partial charge in [-0.05, 0) is 54.4 Å². The molecule has 0 saturated heterocycles. The first-order chi connectivity index (χ1) is 17.0. The Morgan fingerprint density at radius 3 is 2.80 bits per heavy atom. The molecule has 4 heterocycles. The number of nitrogens with one attached hydrogen (secondary N) is 1. The van der Waals surface area contributed by atoms with Gasteiger partial charge in [0, 0.05) is 33.5 Å². The lowest BCUT2D eigenvalue weighted by molar-refractivity contribution is -0.129. The zero-order valence-corrected chi connectivity index (χ0v) is 19.9. The van der Waals surface area contributed by atoms with Crippen LogP contribution >= 0.6 is 15.9 Å². The number of aromatic nitrogens is 1. The molecule has 6 rings (SSSR count). The van der Waals surface area contributed by atoms with Crippen LogP contribution in [0, 0.1) is 0 Å². The molecule has 0 aliphatic carbocycles. The van der Waals surface area contributed by atoms with Gasteiger partial charge in [0.1, 0.15) is 17.4 Å². The lowest BCUT2D eigenvalue weighted by Gasteiger charge is -2.24. The summed E-state index contributed by atoms with van der Waals surface area (Å²) in [6.07, 6.45) is 3.92. The van der Waals surface area contributed by atoms with Crippen LogP contribution in [0.1, 0.15) is 27.9 Å². The van der Waals surface area contributed by atoms with E-state index in [1.807, 2.05) is 42.6 Å². The number of aliphatic hydroxyl groups excluding tert-OH is 1. The summed E-state index contributed by atoms with van der Waals surface area (Å²) in [6.45, 7) is 0.278. The number of ketones is 1. The smallest absolute Gasteiger partial charge is 0.290 e. The number of carbonyl (C=O) groups excluding carboxylic acids is 2. The van der Waals surface area contributed by atoms with E-state index in [0.717, 1.165) is 26.3 Å². The van der Waals surface area contributed by atoms with Crippen LogP contribution in [0.25, 0.3) is 21.9 Å². The Hall–Kier alpha value is -4.04. The summed E-state index contributed by atoms with van der Waals surface area (Å²) >= 11 is 3.41. The molecule has 1 amide bonds. The molecule has 1 aliphatic rings. The summed E-state index contributed by atoms with van der Waals surface area (Å²) in [7, 11) is 0. The number of H-pyrrole nitrogens is 1. The van der Waals surface area contributed by atoms with Gasteiger partial charge in [0.2, 0.25) is 5.78 Å². The average Bonchev–Trinajstić information content (AvgIpc) is 3.64. The lowest BCUT2D eigenvalue weighted by atomic mass is 9.99. The zero-order chi connectivity index (χ0) is 24.1. The van der Waals surface area contributed by atoms with Crippen LogP contribution in [0.3, 0.4) is 0 Å². The van der Waals surface area contributed by atoms with E-state index < -0.39 is 23.5 Å². The number of nitrogens with zero attached hydrogens (tertiary/aromatic N) is 1. The summed E-state index contributed by atoms with van der Waals surface area (Å²) in [5, 5.41) is 12.6. The molecule has 0 radical (unpaired) electrons. The van der Waals surface area contributed by atoms with Crippen molar-refractivity contribution < 1.29 is 23.5 Å². The standard InChI is InChI=1S/C27H19BrN2O5/c28-17-7-8-20-16(12-17)13-22(35-20)25(31)23-24(21-6-3-11-34-21)30(27(33)26(23)32)10-9-15-14-29-19-5-2-1-4-18(15)19/h1-8,11-14,24,29,32H,9-10H2. The number of furan rings is 2. The minimum Gasteiger partial charge on any atom is -0.503 e. The summed E-state index contributed by atoms with van der Waals surface area (Å²) < 4.78 is 12.2. The van der Waals surface area contributed by atoms with Gasteiger partial charge in [0.05, 0.1) is 11.8 Å². The molecule has 0 saturated carbocycles. The number of fused-ring (bicyclic) bond motifs is 2. The van der Waals surface area contributed by atoms with Crippen molar-refractivity contribution in [3.05, 3.63) is 106 Å². The molecule has 0 bridgehead atoms. The fourth-order valence-corrected chi connectivity index (χ4v) is 5.08. The molecule has 35 heavy (non-hydrogen) atoms.